The third-order valence-corrected chi connectivity index (χ3v) is 5.28. The number of hydrogen-bond acceptors (Lipinski definition) is 5. The van der Waals surface area contributed by atoms with Gasteiger partial charge in [-0.15, -0.1) is 0 Å². The van der Waals surface area contributed by atoms with Crippen LogP contribution in [0.1, 0.15) is 32.2 Å². The zero-order valence-corrected chi connectivity index (χ0v) is 16.7. The van der Waals surface area contributed by atoms with Crippen molar-refractivity contribution in [2.24, 2.45) is 0 Å². The summed E-state index contributed by atoms with van der Waals surface area (Å²) in [5.41, 5.74) is 1.22. The SMILES string of the molecule is CC(C)(C)c1ncnc(N2CCN(Cc3nccc4ccccc34)CC2)c1F. The summed E-state index contributed by atoms with van der Waals surface area (Å²) < 4.78 is 15.0. The lowest BCUT2D eigenvalue weighted by Crippen LogP contribution is -2.46. The Balaban J connectivity index is 1.47. The summed E-state index contributed by atoms with van der Waals surface area (Å²) in [6.45, 7) is 9.88. The van der Waals surface area contributed by atoms with Gasteiger partial charge in [-0.05, 0) is 11.5 Å². The maximum absolute atomic E-state index is 15.0. The second-order valence-corrected chi connectivity index (χ2v) is 8.35. The molecule has 3 heterocycles. The zero-order chi connectivity index (χ0) is 19.7. The van der Waals surface area contributed by atoms with E-state index in [1.165, 1.54) is 17.1 Å². The van der Waals surface area contributed by atoms with Crippen molar-refractivity contribution >= 4 is 16.6 Å². The molecule has 1 aromatic carbocycles. The number of rotatable bonds is 3. The van der Waals surface area contributed by atoms with E-state index in [1.54, 1.807) is 0 Å². The van der Waals surface area contributed by atoms with Crippen molar-refractivity contribution in [1.29, 1.82) is 0 Å². The standard InChI is InChI=1S/C22H26FN5/c1-22(2,3)20-19(23)21(26-15-25-20)28-12-10-27(11-13-28)14-18-17-7-5-4-6-16(17)8-9-24-18/h4-9,15H,10-14H2,1-3H3. The second kappa shape index (κ2) is 7.43. The predicted octanol–water partition coefficient (Wildman–Crippen LogP) is 3.78. The fraction of sp³-hybridized carbons (Fsp3) is 0.409. The van der Waals surface area contributed by atoms with Crippen LogP contribution in [0.2, 0.25) is 0 Å². The number of fused-ring (bicyclic) bond motifs is 1. The summed E-state index contributed by atoms with van der Waals surface area (Å²) in [6, 6.07) is 10.4. The van der Waals surface area contributed by atoms with Crippen LogP contribution < -0.4 is 4.90 Å². The molecule has 0 aliphatic carbocycles. The van der Waals surface area contributed by atoms with E-state index in [1.807, 2.05) is 44.0 Å². The minimum Gasteiger partial charge on any atom is -0.352 e. The van der Waals surface area contributed by atoms with E-state index < -0.39 is 0 Å². The molecule has 6 heteroatoms. The normalized spacial score (nSPS) is 15.9. The van der Waals surface area contributed by atoms with E-state index in [0.717, 1.165) is 38.4 Å². The summed E-state index contributed by atoms with van der Waals surface area (Å²) in [5, 5.41) is 2.41. The molecule has 1 aliphatic rings. The molecule has 3 aromatic rings. The Kier molecular flexibility index (Phi) is 4.98. The lowest BCUT2D eigenvalue weighted by molar-refractivity contribution is 0.246. The maximum Gasteiger partial charge on any atom is 0.187 e. The molecule has 0 spiro atoms. The van der Waals surface area contributed by atoms with Gasteiger partial charge in [0, 0.05) is 49.7 Å². The van der Waals surface area contributed by atoms with Gasteiger partial charge in [0.2, 0.25) is 0 Å². The topological polar surface area (TPSA) is 45.2 Å². The van der Waals surface area contributed by atoms with Crippen molar-refractivity contribution in [3.63, 3.8) is 0 Å². The van der Waals surface area contributed by atoms with E-state index in [9.17, 15) is 4.39 Å². The van der Waals surface area contributed by atoms with Crippen molar-refractivity contribution in [2.45, 2.75) is 32.7 Å². The first kappa shape index (κ1) is 18.7. The number of aromatic nitrogens is 3. The molecule has 0 amide bonds. The van der Waals surface area contributed by atoms with E-state index in [-0.39, 0.29) is 11.2 Å². The van der Waals surface area contributed by atoms with Crippen LogP contribution in [0.15, 0.2) is 42.9 Å². The third kappa shape index (κ3) is 3.69. The van der Waals surface area contributed by atoms with Crippen LogP contribution in [0.25, 0.3) is 10.8 Å². The molecule has 5 nitrogen and oxygen atoms in total. The lowest BCUT2D eigenvalue weighted by Gasteiger charge is -2.35. The summed E-state index contributed by atoms with van der Waals surface area (Å²) in [5.74, 6) is 0.127. The summed E-state index contributed by atoms with van der Waals surface area (Å²) >= 11 is 0. The van der Waals surface area contributed by atoms with Crippen LogP contribution in [-0.4, -0.2) is 46.0 Å². The van der Waals surface area contributed by atoms with E-state index in [4.69, 9.17) is 0 Å². The Morgan fingerprint density at radius 1 is 0.964 bits per heavy atom. The van der Waals surface area contributed by atoms with E-state index >= 15 is 0 Å². The molecular weight excluding hydrogens is 353 g/mol. The Hall–Kier alpha value is -2.60. The molecule has 0 atom stereocenters. The first-order valence-corrected chi connectivity index (χ1v) is 9.74. The number of nitrogens with zero attached hydrogens (tertiary/aromatic N) is 5. The number of hydrogen-bond donors (Lipinski definition) is 0. The summed E-state index contributed by atoms with van der Waals surface area (Å²) in [7, 11) is 0. The quantitative estimate of drug-likeness (QED) is 0.693. The third-order valence-electron chi connectivity index (χ3n) is 5.28. The molecule has 1 fully saturated rings. The maximum atomic E-state index is 15.0. The van der Waals surface area contributed by atoms with Crippen molar-refractivity contribution < 1.29 is 4.39 Å². The number of benzene rings is 1. The molecule has 0 N–H and O–H groups in total. The summed E-state index contributed by atoms with van der Waals surface area (Å²) in [6.07, 6.45) is 3.35. The molecule has 2 aromatic heterocycles. The lowest BCUT2D eigenvalue weighted by atomic mass is 9.91. The first-order chi connectivity index (χ1) is 13.4. The highest BCUT2D eigenvalue weighted by Gasteiger charge is 2.27. The van der Waals surface area contributed by atoms with Gasteiger partial charge in [-0.2, -0.15) is 0 Å². The minimum absolute atomic E-state index is 0.292. The van der Waals surface area contributed by atoms with Gasteiger partial charge in [-0.25, -0.2) is 14.4 Å². The Morgan fingerprint density at radius 3 is 2.46 bits per heavy atom. The molecule has 0 bridgehead atoms. The minimum atomic E-state index is -0.344. The fourth-order valence-electron chi connectivity index (χ4n) is 3.74. The van der Waals surface area contributed by atoms with Crippen molar-refractivity contribution in [3.8, 4) is 0 Å². The second-order valence-electron chi connectivity index (χ2n) is 8.35. The van der Waals surface area contributed by atoms with Gasteiger partial charge in [0.15, 0.2) is 11.6 Å². The average molecular weight is 379 g/mol. The van der Waals surface area contributed by atoms with Crippen LogP contribution in [0.3, 0.4) is 0 Å². The molecule has 0 saturated carbocycles. The van der Waals surface area contributed by atoms with Crippen LogP contribution >= 0.6 is 0 Å². The number of piperazine rings is 1. The predicted molar refractivity (Wildman–Crippen MR) is 110 cm³/mol. The fourth-order valence-corrected chi connectivity index (χ4v) is 3.74. The summed E-state index contributed by atoms with van der Waals surface area (Å²) in [4.78, 5) is 17.4. The van der Waals surface area contributed by atoms with E-state index in [2.05, 4.69) is 38.1 Å². The Morgan fingerprint density at radius 2 is 1.71 bits per heavy atom. The molecule has 0 unspecified atom stereocenters. The average Bonchev–Trinajstić information content (AvgIpc) is 2.68. The number of halogens is 1. The molecular formula is C22H26FN5. The van der Waals surface area contributed by atoms with Gasteiger partial charge in [0.05, 0.1) is 11.4 Å². The van der Waals surface area contributed by atoms with Crippen molar-refractivity contribution in [3.05, 3.63) is 60.1 Å². The van der Waals surface area contributed by atoms with E-state index in [0.29, 0.717) is 11.5 Å². The molecule has 146 valence electrons. The van der Waals surface area contributed by atoms with Gasteiger partial charge < -0.3 is 4.90 Å². The molecule has 1 aliphatic heterocycles. The van der Waals surface area contributed by atoms with Crippen LogP contribution in [0, 0.1) is 5.82 Å². The molecule has 0 radical (unpaired) electrons. The molecule has 28 heavy (non-hydrogen) atoms. The van der Waals surface area contributed by atoms with Crippen molar-refractivity contribution in [1.82, 2.24) is 19.9 Å². The van der Waals surface area contributed by atoms with Gasteiger partial charge in [0.1, 0.15) is 6.33 Å². The van der Waals surface area contributed by atoms with Crippen LogP contribution in [0.5, 0.6) is 0 Å². The smallest absolute Gasteiger partial charge is 0.187 e. The molecule has 1 saturated heterocycles. The monoisotopic (exact) mass is 379 g/mol. The van der Waals surface area contributed by atoms with Crippen LogP contribution in [0.4, 0.5) is 10.2 Å². The van der Waals surface area contributed by atoms with Crippen molar-refractivity contribution in [2.75, 3.05) is 31.1 Å². The Labute approximate surface area is 165 Å². The number of anilines is 1. The Bertz CT molecular complexity index is 969. The van der Waals surface area contributed by atoms with Gasteiger partial charge in [-0.3, -0.25) is 9.88 Å². The first-order valence-electron chi connectivity index (χ1n) is 9.74. The van der Waals surface area contributed by atoms with Gasteiger partial charge in [-0.1, -0.05) is 45.0 Å². The number of pyridine rings is 1. The van der Waals surface area contributed by atoms with Gasteiger partial charge >= 0.3 is 0 Å². The highest BCUT2D eigenvalue weighted by atomic mass is 19.1. The largest absolute Gasteiger partial charge is 0.352 e. The van der Waals surface area contributed by atoms with Crippen LogP contribution in [-0.2, 0) is 12.0 Å². The van der Waals surface area contributed by atoms with Gasteiger partial charge in [0.25, 0.3) is 0 Å². The zero-order valence-electron chi connectivity index (χ0n) is 16.7. The molecule has 4 rings (SSSR count). The highest BCUT2D eigenvalue weighted by molar-refractivity contribution is 5.84. The highest BCUT2D eigenvalue weighted by Crippen LogP contribution is 2.28.